The maximum absolute atomic E-state index is 11.8. The second-order valence-corrected chi connectivity index (χ2v) is 7.74. The molecule has 0 unspecified atom stereocenters. The Bertz CT molecular complexity index is 594. The van der Waals surface area contributed by atoms with Crippen molar-refractivity contribution in [1.82, 2.24) is 20.5 Å². The number of aliphatic imine (C=N–C) groups is 1. The quantitative estimate of drug-likeness (QED) is 0.560. The van der Waals surface area contributed by atoms with Gasteiger partial charge in [0.15, 0.2) is 5.96 Å². The number of guanidine groups is 1. The van der Waals surface area contributed by atoms with E-state index in [9.17, 15) is 4.79 Å². The van der Waals surface area contributed by atoms with Crippen molar-refractivity contribution in [2.24, 2.45) is 16.8 Å². The highest BCUT2D eigenvalue weighted by Gasteiger charge is 2.19. The van der Waals surface area contributed by atoms with Crippen LogP contribution in [0.2, 0.25) is 0 Å². The molecule has 2 heterocycles. The molecule has 0 spiro atoms. The number of rotatable bonds is 7. The number of carbonyl (C=O) groups excluding carboxylic acids is 1. The standard InChI is InChI=1S/C20H34N6O/c1-16(2)13-22-20(24-15-19(27)25(3)4)23-14-17-7-11-26(12-8-17)18-5-9-21-10-6-18/h5-6,9-10,16-17H,7-8,11-15H2,1-4H3,(H2,22,23,24). The first-order chi connectivity index (χ1) is 13.0. The molecule has 0 aromatic carbocycles. The van der Waals surface area contributed by atoms with E-state index in [2.05, 4.69) is 51.5 Å². The van der Waals surface area contributed by atoms with Crippen LogP contribution in [0.15, 0.2) is 29.5 Å². The number of pyridine rings is 1. The van der Waals surface area contributed by atoms with Crippen LogP contribution in [0.3, 0.4) is 0 Å². The van der Waals surface area contributed by atoms with Crippen molar-refractivity contribution in [2.75, 3.05) is 51.7 Å². The van der Waals surface area contributed by atoms with Gasteiger partial charge in [-0.1, -0.05) is 13.8 Å². The lowest BCUT2D eigenvalue weighted by molar-refractivity contribution is -0.127. The van der Waals surface area contributed by atoms with Gasteiger partial charge in [-0.05, 0) is 36.8 Å². The van der Waals surface area contributed by atoms with Gasteiger partial charge in [0.2, 0.25) is 5.91 Å². The van der Waals surface area contributed by atoms with Crippen molar-refractivity contribution >= 4 is 17.6 Å². The molecular weight excluding hydrogens is 340 g/mol. The zero-order valence-corrected chi connectivity index (χ0v) is 17.1. The molecule has 0 bridgehead atoms. The molecule has 0 atom stereocenters. The fourth-order valence-corrected chi connectivity index (χ4v) is 2.95. The molecule has 150 valence electrons. The number of carbonyl (C=O) groups is 1. The fourth-order valence-electron chi connectivity index (χ4n) is 2.95. The molecule has 2 rings (SSSR count). The van der Waals surface area contributed by atoms with E-state index in [4.69, 9.17) is 0 Å². The Morgan fingerprint density at radius 3 is 2.52 bits per heavy atom. The lowest BCUT2D eigenvalue weighted by Crippen LogP contribution is -2.44. The summed E-state index contributed by atoms with van der Waals surface area (Å²) in [4.78, 5) is 24.3. The Hall–Kier alpha value is -2.31. The molecule has 1 aromatic rings. The van der Waals surface area contributed by atoms with Crippen LogP contribution in [0.4, 0.5) is 5.69 Å². The van der Waals surface area contributed by atoms with Gasteiger partial charge in [0.1, 0.15) is 6.54 Å². The van der Waals surface area contributed by atoms with E-state index in [1.807, 2.05) is 12.4 Å². The van der Waals surface area contributed by atoms with Crippen LogP contribution in [-0.4, -0.2) is 68.6 Å². The van der Waals surface area contributed by atoms with Gasteiger partial charge in [0.05, 0.1) is 0 Å². The van der Waals surface area contributed by atoms with Crippen LogP contribution in [0, 0.1) is 11.8 Å². The summed E-state index contributed by atoms with van der Waals surface area (Å²) in [6.07, 6.45) is 5.98. The Balaban J connectivity index is 1.81. The van der Waals surface area contributed by atoms with Crippen molar-refractivity contribution in [3.05, 3.63) is 24.5 Å². The van der Waals surface area contributed by atoms with Crippen LogP contribution in [0.25, 0.3) is 0 Å². The third-order valence-electron chi connectivity index (χ3n) is 4.75. The third-order valence-corrected chi connectivity index (χ3v) is 4.75. The van der Waals surface area contributed by atoms with Crippen LogP contribution in [0.1, 0.15) is 26.7 Å². The second kappa shape index (κ2) is 10.7. The molecular formula is C20H34N6O. The molecule has 1 amide bonds. The van der Waals surface area contributed by atoms with Gasteiger partial charge < -0.3 is 20.4 Å². The molecule has 1 aliphatic heterocycles. The summed E-state index contributed by atoms with van der Waals surface area (Å²) >= 11 is 0. The summed E-state index contributed by atoms with van der Waals surface area (Å²) in [5, 5.41) is 6.77. The summed E-state index contributed by atoms with van der Waals surface area (Å²) in [5.74, 6) is 1.87. The smallest absolute Gasteiger partial charge is 0.243 e. The molecule has 1 saturated heterocycles. The Labute approximate surface area is 163 Å². The van der Waals surface area contributed by atoms with E-state index in [-0.39, 0.29) is 12.5 Å². The van der Waals surface area contributed by atoms with E-state index in [1.54, 1.807) is 19.0 Å². The molecule has 1 aliphatic rings. The maximum Gasteiger partial charge on any atom is 0.243 e. The zero-order valence-electron chi connectivity index (χ0n) is 17.1. The van der Waals surface area contributed by atoms with E-state index in [0.29, 0.717) is 11.8 Å². The first-order valence-electron chi connectivity index (χ1n) is 9.83. The number of anilines is 1. The third kappa shape index (κ3) is 7.45. The maximum atomic E-state index is 11.8. The van der Waals surface area contributed by atoms with Gasteiger partial charge in [-0.15, -0.1) is 0 Å². The van der Waals surface area contributed by atoms with Crippen molar-refractivity contribution in [3.63, 3.8) is 0 Å². The number of aromatic nitrogens is 1. The number of nitrogens with zero attached hydrogens (tertiary/aromatic N) is 4. The topological polar surface area (TPSA) is 72.9 Å². The lowest BCUT2D eigenvalue weighted by atomic mass is 9.96. The molecule has 27 heavy (non-hydrogen) atoms. The normalized spacial score (nSPS) is 15.7. The first kappa shape index (κ1) is 21.0. The minimum absolute atomic E-state index is 0.00584. The van der Waals surface area contributed by atoms with E-state index in [0.717, 1.165) is 45.0 Å². The number of piperidine rings is 1. The Kier molecular flexibility index (Phi) is 8.36. The van der Waals surface area contributed by atoms with Gasteiger partial charge >= 0.3 is 0 Å². The van der Waals surface area contributed by atoms with E-state index >= 15 is 0 Å². The molecule has 7 heteroatoms. The molecule has 2 N–H and O–H groups in total. The SMILES string of the molecule is CC(C)CNC(=NCC(=O)N(C)C)NCC1CCN(c2ccncc2)CC1. The van der Waals surface area contributed by atoms with Gasteiger partial charge in [-0.3, -0.25) is 9.78 Å². The molecule has 0 radical (unpaired) electrons. The monoisotopic (exact) mass is 374 g/mol. The van der Waals surface area contributed by atoms with Gasteiger partial charge in [0, 0.05) is 58.4 Å². The number of nitrogens with one attached hydrogen (secondary N) is 2. The average molecular weight is 375 g/mol. The van der Waals surface area contributed by atoms with Crippen molar-refractivity contribution in [3.8, 4) is 0 Å². The highest BCUT2D eigenvalue weighted by Crippen LogP contribution is 2.22. The largest absolute Gasteiger partial charge is 0.371 e. The summed E-state index contributed by atoms with van der Waals surface area (Å²) in [6.45, 7) is 8.31. The minimum Gasteiger partial charge on any atom is -0.371 e. The second-order valence-electron chi connectivity index (χ2n) is 7.74. The molecule has 7 nitrogen and oxygen atoms in total. The predicted molar refractivity (Wildman–Crippen MR) is 111 cm³/mol. The predicted octanol–water partition coefficient (Wildman–Crippen LogP) is 1.58. The van der Waals surface area contributed by atoms with Gasteiger partial charge in [-0.2, -0.15) is 0 Å². The van der Waals surface area contributed by atoms with Crippen molar-refractivity contribution in [2.45, 2.75) is 26.7 Å². The average Bonchev–Trinajstić information content (AvgIpc) is 2.68. The van der Waals surface area contributed by atoms with E-state index in [1.165, 1.54) is 5.69 Å². The van der Waals surface area contributed by atoms with Gasteiger partial charge in [0.25, 0.3) is 0 Å². The molecule has 1 aromatic heterocycles. The van der Waals surface area contributed by atoms with Crippen LogP contribution in [-0.2, 0) is 4.79 Å². The summed E-state index contributed by atoms with van der Waals surface area (Å²) in [5.41, 5.74) is 1.25. The number of amides is 1. The molecule has 0 saturated carbocycles. The minimum atomic E-state index is 0.00584. The number of hydrogen-bond acceptors (Lipinski definition) is 4. The summed E-state index contributed by atoms with van der Waals surface area (Å²) in [7, 11) is 3.51. The van der Waals surface area contributed by atoms with Gasteiger partial charge in [-0.25, -0.2) is 4.99 Å². The van der Waals surface area contributed by atoms with Crippen molar-refractivity contribution < 1.29 is 4.79 Å². The molecule has 1 fully saturated rings. The highest BCUT2D eigenvalue weighted by atomic mass is 16.2. The summed E-state index contributed by atoms with van der Waals surface area (Å²) < 4.78 is 0. The van der Waals surface area contributed by atoms with Crippen LogP contribution >= 0.6 is 0 Å². The van der Waals surface area contributed by atoms with Crippen LogP contribution in [0.5, 0.6) is 0 Å². The number of likely N-dealkylation sites (N-methyl/N-ethyl adjacent to an activating group) is 1. The van der Waals surface area contributed by atoms with Crippen molar-refractivity contribution in [1.29, 1.82) is 0 Å². The fraction of sp³-hybridized carbons (Fsp3) is 0.650. The summed E-state index contributed by atoms with van der Waals surface area (Å²) in [6, 6.07) is 4.14. The molecule has 0 aliphatic carbocycles. The Morgan fingerprint density at radius 2 is 1.93 bits per heavy atom. The first-order valence-corrected chi connectivity index (χ1v) is 9.83. The Morgan fingerprint density at radius 1 is 1.26 bits per heavy atom. The highest BCUT2D eigenvalue weighted by molar-refractivity contribution is 5.84. The lowest BCUT2D eigenvalue weighted by Gasteiger charge is -2.33. The zero-order chi connectivity index (χ0) is 19.6. The van der Waals surface area contributed by atoms with E-state index < -0.39 is 0 Å². The van der Waals surface area contributed by atoms with Crippen LogP contribution < -0.4 is 15.5 Å². The number of hydrogen-bond donors (Lipinski definition) is 2.